The molecule has 0 saturated heterocycles. The van der Waals surface area contributed by atoms with Crippen LogP contribution in [-0.4, -0.2) is 54.4 Å². The molecule has 9 heteroatoms. The second-order valence-electron chi connectivity index (χ2n) is 4.73. The van der Waals surface area contributed by atoms with Gasteiger partial charge in [-0.15, -0.1) is 13.2 Å². The molecule has 3 atom stereocenters. The Kier molecular flexibility index (Phi) is 7.73. The van der Waals surface area contributed by atoms with E-state index in [-0.39, 0.29) is 19.0 Å². The normalized spacial score (nSPS) is 16.0. The molecule has 132 valence electrons. The van der Waals surface area contributed by atoms with Crippen LogP contribution >= 0.6 is 0 Å². The number of methoxy groups -OCH3 is 1. The molecule has 6 nitrogen and oxygen atoms in total. The van der Waals surface area contributed by atoms with Crippen molar-refractivity contribution in [2.45, 2.75) is 31.1 Å². The second kappa shape index (κ2) is 9.04. The molecule has 0 heterocycles. The Hall–Kier alpha value is -1.39. The first-order chi connectivity index (χ1) is 10.8. The van der Waals surface area contributed by atoms with E-state index in [9.17, 15) is 23.4 Å². The topological polar surface area (TPSA) is 88.4 Å². The van der Waals surface area contributed by atoms with Crippen LogP contribution in [0, 0.1) is 0 Å². The van der Waals surface area contributed by atoms with Gasteiger partial charge in [0.05, 0.1) is 18.8 Å². The summed E-state index contributed by atoms with van der Waals surface area (Å²) in [5, 5.41) is 28.0. The molecule has 0 aliphatic heterocycles. The average molecular weight is 340 g/mol. The van der Waals surface area contributed by atoms with E-state index in [1.165, 1.54) is 19.2 Å². The van der Waals surface area contributed by atoms with Gasteiger partial charge in [-0.3, -0.25) is 0 Å². The summed E-state index contributed by atoms with van der Waals surface area (Å²) in [5.41, 5.74) is 0.459. The fourth-order valence-electron chi connectivity index (χ4n) is 1.83. The summed E-state index contributed by atoms with van der Waals surface area (Å²) in [6, 6.07) is 4.92. The third-order valence-electron chi connectivity index (χ3n) is 2.96. The van der Waals surface area contributed by atoms with Crippen molar-refractivity contribution >= 4 is 0 Å². The minimum Gasteiger partial charge on any atom is -0.406 e. The van der Waals surface area contributed by atoms with Crippen molar-refractivity contribution in [2.75, 3.05) is 20.5 Å². The highest BCUT2D eigenvalue weighted by Crippen LogP contribution is 2.28. The van der Waals surface area contributed by atoms with E-state index < -0.39 is 31.3 Å². The molecule has 1 unspecified atom stereocenters. The van der Waals surface area contributed by atoms with Gasteiger partial charge in [-0.25, -0.2) is 0 Å². The smallest absolute Gasteiger partial charge is 0.406 e. The molecule has 3 N–H and O–H groups in total. The Morgan fingerprint density at radius 2 is 1.70 bits per heavy atom. The minimum atomic E-state index is -4.78. The van der Waals surface area contributed by atoms with Crippen molar-refractivity contribution in [3.05, 3.63) is 29.8 Å². The van der Waals surface area contributed by atoms with Crippen molar-refractivity contribution in [3.63, 3.8) is 0 Å². The highest BCUT2D eigenvalue weighted by molar-refractivity contribution is 5.29. The van der Waals surface area contributed by atoms with E-state index in [0.29, 0.717) is 5.56 Å². The van der Waals surface area contributed by atoms with Gasteiger partial charge in [0.15, 0.2) is 0 Å². The van der Waals surface area contributed by atoms with Gasteiger partial charge < -0.3 is 29.5 Å². The van der Waals surface area contributed by atoms with Crippen LogP contribution in [0.1, 0.15) is 18.1 Å². The lowest BCUT2D eigenvalue weighted by atomic mass is 10.0. The molecule has 0 aliphatic rings. The van der Waals surface area contributed by atoms with E-state index in [1.807, 2.05) is 0 Å². The van der Waals surface area contributed by atoms with Crippen LogP contribution in [0.5, 0.6) is 5.75 Å². The standard InChI is InChI=1S/C14H19F3O6/c1-21-8-22-13(6-11(19)12(20)7-18)9-2-4-10(5-3-9)23-14(15,16)17/h2-5,11-13,18-20H,6-8H2,1H3/t11-,12-,13?/m0/s1. The van der Waals surface area contributed by atoms with Crippen molar-refractivity contribution in [1.82, 2.24) is 0 Å². The molecule has 1 aromatic carbocycles. The highest BCUT2D eigenvalue weighted by atomic mass is 19.4. The molecular weight excluding hydrogens is 321 g/mol. The van der Waals surface area contributed by atoms with Crippen LogP contribution in [-0.2, 0) is 9.47 Å². The maximum absolute atomic E-state index is 12.1. The van der Waals surface area contributed by atoms with Gasteiger partial charge in [0.25, 0.3) is 0 Å². The van der Waals surface area contributed by atoms with E-state index in [0.717, 1.165) is 12.1 Å². The predicted molar refractivity (Wildman–Crippen MR) is 72.5 cm³/mol. The van der Waals surface area contributed by atoms with Crippen molar-refractivity contribution in [3.8, 4) is 5.75 Å². The number of ether oxygens (including phenoxy) is 3. The first kappa shape index (κ1) is 19.7. The third kappa shape index (κ3) is 7.14. The average Bonchev–Trinajstić information content (AvgIpc) is 2.49. The zero-order valence-corrected chi connectivity index (χ0v) is 12.4. The quantitative estimate of drug-likeness (QED) is 0.588. The number of aliphatic hydroxyl groups excluding tert-OH is 3. The van der Waals surface area contributed by atoms with Gasteiger partial charge >= 0.3 is 6.36 Å². The van der Waals surface area contributed by atoms with Gasteiger partial charge in [0.1, 0.15) is 18.6 Å². The lowest BCUT2D eigenvalue weighted by Crippen LogP contribution is -2.31. The van der Waals surface area contributed by atoms with Gasteiger partial charge in [-0.1, -0.05) is 12.1 Å². The van der Waals surface area contributed by atoms with E-state index in [1.54, 1.807) is 0 Å². The Morgan fingerprint density at radius 3 is 2.17 bits per heavy atom. The maximum atomic E-state index is 12.1. The summed E-state index contributed by atoms with van der Waals surface area (Å²) in [4.78, 5) is 0. The zero-order chi connectivity index (χ0) is 17.5. The van der Waals surface area contributed by atoms with E-state index in [2.05, 4.69) is 4.74 Å². The number of halogens is 3. The molecule has 1 rings (SSSR count). The summed E-state index contributed by atoms with van der Waals surface area (Å²) in [5.74, 6) is -0.386. The fourth-order valence-corrected chi connectivity index (χ4v) is 1.83. The number of hydrogen-bond donors (Lipinski definition) is 3. The Morgan fingerprint density at radius 1 is 1.09 bits per heavy atom. The zero-order valence-electron chi connectivity index (χ0n) is 12.4. The Balaban J connectivity index is 2.81. The third-order valence-corrected chi connectivity index (χ3v) is 2.96. The molecule has 0 bridgehead atoms. The van der Waals surface area contributed by atoms with Crippen LogP contribution in [0.2, 0.25) is 0 Å². The lowest BCUT2D eigenvalue weighted by molar-refractivity contribution is -0.274. The molecule has 0 spiro atoms. The summed E-state index contributed by atoms with van der Waals surface area (Å²) in [6.45, 7) is -0.746. The Labute approximate surface area is 131 Å². The SMILES string of the molecule is COCOC(C[C@H](O)[C@@H](O)CO)c1ccc(OC(F)(F)F)cc1. The number of benzene rings is 1. The monoisotopic (exact) mass is 340 g/mol. The molecule has 1 aromatic rings. The molecule has 23 heavy (non-hydrogen) atoms. The number of hydrogen-bond acceptors (Lipinski definition) is 6. The molecule has 0 aliphatic carbocycles. The van der Waals surface area contributed by atoms with Gasteiger partial charge in [0, 0.05) is 13.5 Å². The number of aliphatic hydroxyl groups is 3. The summed E-state index contributed by atoms with van der Waals surface area (Å²) >= 11 is 0. The number of alkyl halides is 3. The molecule has 0 radical (unpaired) electrons. The first-order valence-corrected chi connectivity index (χ1v) is 6.70. The van der Waals surface area contributed by atoms with E-state index >= 15 is 0 Å². The molecule has 0 fully saturated rings. The van der Waals surface area contributed by atoms with Gasteiger partial charge in [-0.2, -0.15) is 0 Å². The van der Waals surface area contributed by atoms with Crippen molar-refractivity contribution in [1.29, 1.82) is 0 Å². The second-order valence-corrected chi connectivity index (χ2v) is 4.73. The summed E-state index contributed by atoms with van der Waals surface area (Å²) < 4.78 is 50.2. The van der Waals surface area contributed by atoms with Gasteiger partial charge in [0.2, 0.25) is 0 Å². The lowest BCUT2D eigenvalue weighted by Gasteiger charge is -2.23. The van der Waals surface area contributed by atoms with Gasteiger partial charge in [-0.05, 0) is 17.7 Å². The van der Waals surface area contributed by atoms with E-state index in [4.69, 9.17) is 14.6 Å². The van der Waals surface area contributed by atoms with Crippen molar-refractivity contribution < 1.29 is 42.7 Å². The van der Waals surface area contributed by atoms with Crippen molar-refractivity contribution in [2.24, 2.45) is 0 Å². The highest BCUT2D eigenvalue weighted by Gasteiger charge is 2.31. The van der Waals surface area contributed by atoms with Crippen LogP contribution in [0.3, 0.4) is 0 Å². The minimum absolute atomic E-state index is 0.0788. The van der Waals surface area contributed by atoms with Crippen LogP contribution in [0.4, 0.5) is 13.2 Å². The Bertz CT molecular complexity index is 451. The molecule has 0 saturated carbocycles. The number of rotatable bonds is 9. The maximum Gasteiger partial charge on any atom is 0.573 e. The summed E-state index contributed by atoms with van der Waals surface area (Å²) in [6.07, 6.45) is -8.23. The fraction of sp³-hybridized carbons (Fsp3) is 0.571. The van der Waals surface area contributed by atoms with Crippen LogP contribution < -0.4 is 4.74 Å². The van der Waals surface area contributed by atoms with Crippen LogP contribution in [0.25, 0.3) is 0 Å². The molecule has 0 amide bonds. The molecular formula is C14H19F3O6. The first-order valence-electron chi connectivity index (χ1n) is 6.70. The largest absolute Gasteiger partial charge is 0.573 e. The van der Waals surface area contributed by atoms with Crippen LogP contribution in [0.15, 0.2) is 24.3 Å². The summed E-state index contributed by atoms with van der Waals surface area (Å²) in [7, 11) is 1.39. The molecule has 0 aromatic heterocycles. The predicted octanol–water partition coefficient (Wildman–Crippen LogP) is 1.35.